The van der Waals surface area contributed by atoms with E-state index in [0.717, 1.165) is 0 Å². The van der Waals surface area contributed by atoms with Gasteiger partial charge in [-0.15, -0.1) is 0 Å². The number of rotatable bonds is 3. The molecule has 0 fully saturated rings. The maximum Gasteiger partial charge on any atom is 0.255 e. The minimum absolute atomic E-state index is 0.159. The van der Waals surface area contributed by atoms with E-state index in [4.69, 9.17) is 5.73 Å². The highest BCUT2D eigenvalue weighted by molar-refractivity contribution is 6.25. The van der Waals surface area contributed by atoms with E-state index in [-0.39, 0.29) is 11.1 Å². The Kier molecular flexibility index (Phi) is 5.71. The van der Waals surface area contributed by atoms with Crippen molar-refractivity contribution in [3.8, 4) is 17.0 Å². The maximum atomic E-state index is 13.9. The van der Waals surface area contributed by atoms with Crippen molar-refractivity contribution in [1.29, 1.82) is 0 Å². The van der Waals surface area contributed by atoms with E-state index in [1.54, 1.807) is 37.3 Å². The second-order valence-electron chi connectivity index (χ2n) is 10.2. The Hall–Kier alpha value is -4.06. The van der Waals surface area contributed by atoms with Gasteiger partial charge in [0, 0.05) is 23.3 Å². The minimum atomic E-state index is -2.95. The first-order valence-corrected chi connectivity index (χ1v) is 12.0. The van der Waals surface area contributed by atoms with Crippen molar-refractivity contribution in [3.05, 3.63) is 70.3 Å². The van der Waals surface area contributed by atoms with Crippen molar-refractivity contribution in [1.82, 2.24) is 9.88 Å². The summed E-state index contributed by atoms with van der Waals surface area (Å²) < 4.78 is 0. The molecule has 1 aromatic heterocycles. The third-order valence-electron chi connectivity index (χ3n) is 8.07. The Labute approximate surface area is 217 Å². The van der Waals surface area contributed by atoms with Gasteiger partial charge in [0.05, 0.1) is 29.3 Å². The number of phenols is 1. The number of amides is 1. The fourth-order valence-corrected chi connectivity index (χ4v) is 6.35. The fraction of sp³-hybridized carbons (Fsp3) is 0.333. The van der Waals surface area contributed by atoms with Crippen LogP contribution in [0.25, 0.3) is 11.3 Å². The molecule has 0 spiro atoms. The van der Waals surface area contributed by atoms with Crippen molar-refractivity contribution in [2.45, 2.75) is 30.6 Å². The van der Waals surface area contributed by atoms with Crippen LogP contribution in [0, 0.1) is 11.8 Å². The molecule has 0 aliphatic heterocycles. The zero-order valence-corrected chi connectivity index (χ0v) is 20.8. The Morgan fingerprint density at radius 1 is 1.11 bits per heavy atom. The molecule has 2 aromatic rings. The zero-order valence-electron chi connectivity index (χ0n) is 20.8. The largest absolute Gasteiger partial charge is 0.510 e. The van der Waals surface area contributed by atoms with Gasteiger partial charge >= 0.3 is 0 Å². The molecule has 3 aliphatic carbocycles. The van der Waals surface area contributed by atoms with Crippen LogP contribution in [-0.4, -0.2) is 84.7 Å². The topological polar surface area (TPSA) is 195 Å². The Bertz CT molecular complexity index is 1460. The summed E-state index contributed by atoms with van der Waals surface area (Å²) in [4.78, 5) is 45.0. The van der Waals surface area contributed by atoms with Gasteiger partial charge in [0.1, 0.15) is 22.8 Å². The lowest BCUT2D eigenvalue weighted by molar-refractivity contribution is -0.162. The second-order valence-corrected chi connectivity index (χ2v) is 10.2. The molecule has 1 amide bonds. The maximum absolute atomic E-state index is 13.9. The number of aromatic nitrogens is 1. The van der Waals surface area contributed by atoms with Crippen LogP contribution in [0.5, 0.6) is 5.75 Å². The molecule has 38 heavy (non-hydrogen) atoms. The molecule has 0 saturated carbocycles. The first-order valence-electron chi connectivity index (χ1n) is 12.0. The van der Waals surface area contributed by atoms with Gasteiger partial charge in [0.2, 0.25) is 5.78 Å². The van der Waals surface area contributed by atoms with Crippen molar-refractivity contribution in [2.24, 2.45) is 17.6 Å². The monoisotopic (exact) mass is 521 g/mol. The SMILES string of the molecule is C[C@@H]1c2ccc(-c3ccccn3)c(O)c2C(=O)C2=C(O)[C@]3(O)C(=O)C(C(N)=O)=C(O)[C@@H](N(C)C)[C@@H]3[C@@H](O)[C@@H]21. The molecule has 3 aliphatic rings. The Morgan fingerprint density at radius 3 is 2.37 bits per heavy atom. The molecule has 0 radical (unpaired) electrons. The van der Waals surface area contributed by atoms with Gasteiger partial charge in [-0.25, -0.2) is 0 Å². The normalized spacial score (nSPS) is 30.7. The van der Waals surface area contributed by atoms with Gasteiger partial charge in [-0.3, -0.25) is 24.3 Å². The molecular formula is C27H27N3O8. The third-order valence-corrected chi connectivity index (χ3v) is 8.07. The van der Waals surface area contributed by atoms with E-state index in [0.29, 0.717) is 11.3 Å². The van der Waals surface area contributed by atoms with Gasteiger partial charge in [-0.1, -0.05) is 19.1 Å². The number of carbonyl (C=O) groups is 3. The summed E-state index contributed by atoms with van der Waals surface area (Å²) in [5, 5.41) is 56.8. The van der Waals surface area contributed by atoms with E-state index in [1.807, 2.05) is 0 Å². The standard InChI is InChI=1S/C27H27N3O8/c1-10-11-7-8-12(13-6-4-5-9-29-13)20(31)15(11)21(32)16-14(10)22(33)18-19(30(2)3)23(34)17(26(28)37)25(36)27(18,38)24(16)35/h4-10,14,18-19,22,31,33-35,38H,1-3H3,(H2,28,37)/t10-,14-,18-,19+,22+,27+/m1/s1. The van der Waals surface area contributed by atoms with Crippen LogP contribution in [-0.2, 0) is 9.59 Å². The number of aliphatic hydroxyl groups excluding tert-OH is 3. The third kappa shape index (κ3) is 3.12. The molecule has 1 heterocycles. The lowest BCUT2D eigenvalue weighted by Crippen LogP contribution is -2.68. The number of phenolic OH excluding ortho intramolecular Hbond substituents is 1. The highest BCUT2D eigenvalue weighted by Crippen LogP contribution is 2.56. The number of nitrogens with zero attached hydrogens (tertiary/aromatic N) is 2. The van der Waals surface area contributed by atoms with Gasteiger partial charge in [0.25, 0.3) is 5.91 Å². The molecule has 0 bridgehead atoms. The average Bonchev–Trinajstić information content (AvgIpc) is 2.86. The van der Waals surface area contributed by atoms with Crippen LogP contribution in [0.4, 0.5) is 0 Å². The minimum Gasteiger partial charge on any atom is -0.510 e. The quantitative estimate of drug-likeness (QED) is 0.313. The van der Waals surface area contributed by atoms with Gasteiger partial charge in [-0.2, -0.15) is 0 Å². The molecule has 0 saturated heterocycles. The average molecular weight is 522 g/mol. The van der Waals surface area contributed by atoms with E-state index in [2.05, 4.69) is 4.98 Å². The van der Waals surface area contributed by atoms with E-state index >= 15 is 0 Å². The van der Waals surface area contributed by atoms with Crippen molar-refractivity contribution in [3.63, 3.8) is 0 Å². The Morgan fingerprint density at radius 2 is 1.79 bits per heavy atom. The summed E-state index contributed by atoms with van der Waals surface area (Å²) in [5.41, 5.74) is 1.87. The number of Topliss-reactive ketones (excluding diaryl/α,β-unsaturated/α-hetero) is 2. The number of ketones is 2. The summed E-state index contributed by atoms with van der Waals surface area (Å²) >= 11 is 0. The number of nitrogens with two attached hydrogens (primary N) is 1. The van der Waals surface area contributed by atoms with E-state index < -0.39 is 81.4 Å². The summed E-state index contributed by atoms with van der Waals surface area (Å²) in [6.07, 6.45) is -0.116. The van der Waals surface area contributed by atoms with Crippen molar-refractivity contribution in [2.75, 3.05) is 14.1 Å². The molecule has 11 nitrogen and oxygen atoms in total. The second kappa shape index (κ2) is 8.48. The van der Waals surface area contributed by atoms with Crippen LogP contribution in [0.2, 0.25) is 0 Å². The van der Waals surface area contributed by atoms with Crippen LogP contribution in [0.3, 0.4) is 0 Å². The summed E-state index contributed by atoms with van der Waals surface area (Å²) in [5.74, 6) is -9.20. The van der Waals surface area contributed by atoms with Crippen LogP contribution in [0.15, 0.2) is 59.2 Å². The number of benzene rings is 1. The predicted octanol–water partition coefficient (Wildman–Crippen LogP) is 0.714. The van der Waals surface area contributed by atoms with E-state index in [9.17, 15) is 39.9 Å². The number of aromatic hydroxyl groups is 1. The van der Waals surface area contributed by atoms with Gasteiger partial charge in [-0.05, 0) is 43.8 Å². The lowest BCUT2D eigenvalue weighted by Gasteiger charge is -2.53. The molecule has 11 heteroatoms. The molecule has 1 aromatic carbocycles. The van der Waals surface area contributed by atoms with Crippen LogP contribution >= 0.6 is 0 Å². The van der Waals surface area contributed by atoms with Gasteiger partial charge < -0.3 is 31.3 Å². The van der Waals surface area contributed by atoms with Gasteiger partial charge in [0.15, 0.2) is 11.4 Å². The molecule has 7 N–H and O–H groups in total. The molecule has 6 atom stereocenters. The molecular weight excluding hydrogens is 494 g/mol. The lowest BCUT2D eigenvalue weighted by atomic mass is 9.55. The number of likely N-dealkylation sites (N-methyl/N-ethyl adjacent to an activating group) is 1. The summed E-state index contributed by atoms with van der Waals surface area (Å²) in [6.45, 7) is 1.68. The number of carbonyl (C=O) groups excluding carboxylic acids is 3. The number of hydrogen-bond donors (Lipinski definition) is 6. The molecule has 198 valence electrons. The smallest absolute Gasteiger partial charge is 0.255 e. The van der Waals surface area contributed by atoms with Crippen LogP contribution in [0.1, 0.15) is 28.8 Å². The highest BCUT2D eigenvalue weighted by Gasteiger charge is 2.67. The number of primary amides is 1. The number of aliphatic hydroxyl groups is 4. The first-order chi connectivity index (χ1) is 17.8. The zero-order chi connectivity index (χ0) is 27.8. The fourth-order valence-electron chi connectivity index (χ4n) is 6.35. The number of fused-ring (bicyclic) bond motifs is 3. The molecule has 5 rings (SSSR count). The summed E-state index contributed by atoms with van der Waals surface area (Å²) in [6, 6.07) is 6.96. The Balaban J connectivity index is 1.78. The van der Waals surface area contributed by atoms with Crippen molar-refractivity contribution < 1.29 is 39.9 Å². The number of hydrogen-bond acceptors (Lipinski definition) is 10. The predicted molar refractivity (Wildman–Crippen MR) is 133 cm³/mol. The highest BCUT2D eigenvalue weighted by atomic mass is 16.4. The van der Waals surface area contributed by atoms with E-state index in [1.165, 1.54) is 25.2 Å². The first kappa shape index (κ1) is 25.6. The summed E-state index contributed by atoms with van der Waals surface area (Å²) in [7, 11) is 2.97. The number of pyridine rings is 1. The van der Waals surface area contributed by atoms with Crippen molar-refractivity contribution >= 4 is 17.5 Å². The molecule has 0 unspecified atom stereocenters. The van der Waals surface area contributed by atoms with Crippen LogP contribution < -0.4 is 5.73 Å².